The fraction of sp³-hybridized carbons (Fsp3) is 0.278. The molecule has 4 rings (SSSR count). The molecule has 2 aromatic carbocycles. The molecule has 2 atom stereocenters. The molecule has 1 aliphatic rings. The number of hydrogen-bond acceptors (Lipinski definition) is 4. The molecule has 1 aromatic heterocycles. The van der Waals surface area contributed by atoms with E-state index >= 15 is 0 Å². The van der Waals surface area contributed by atoms with Gasteiger partial charge in [0.25, 0.3) is 0 Å². The number of halogens is 1. The molecule has 0 radical (unpaired) electrons. The average Bonchev–Trinajstić information content (AvgIpc) is 3.10. The Hall–Kier alpha value is -2.21. The zero-order valence-electron chi connectivity index (χ0n) is 13.4. The molecule has 2 heterocycles. The van der Waals surface area contributed by atoms with Crippen molar-refractivity contribution in [2.45, 2.75) is 31.8 Å². The molecule has 0 aliphatic carbocycles. The number of aromatic nitrogens is 4. The third kappa shape index (κ3) is 2.82. The molecule has 5 nitrogen and oxygen atoms in total. The minimum atomic E-state index is 0.135. The van der Waals surface area contributed by atoms with Crippen molar-refractivity contribution in [2.24, 2.45) is 0 Å². The van der Waals surface area contributed by atoms with Gasteiger partial charge >= 0.3 is 0 Å². The highest BCUT2D eigenvalue weighted by Gasteiger charge is 2.30. The number of benzene rings is 2. The first kappa shape index (κ1) is 15.3. The third-order valence-corrected chi connectivity index (χ3v) is 5.12. The van der Waals surface area contributed by atoms with Crippen LogP contribution in [0.1, 0.15) is 42.1 Å². The molecule has 0 spiro atoms. The van der Waals surface area contributed by atoms with Gasteiger partial charge in [-0.3, -0.25) is 0 Å². The Morgan fingerprint density at radius 2 is 1.79 bits per heavy atom. The molecular formula is C18H18BrN5. The Bertz CT molecular complexity index is 825. The Kier molecular flexibility index (Phi) is 4.06. The number of rotatable bonds is 3. The zero-order chi connectivity index (χ0) is 16.5. The van der Waals surface area contributed by atoms with Crippen molar-refractivity contribution in [2.75, 3.05) is 5.32 Å². The highest BCUT2D eigenvalue weighted by molar-refractivity contribution is 9.10. The standard InChI is InChI=1S/C18H18BrN5/c1-2-12-3-5-14(6-4-12)17-11-16(13-7-9-15(19)10-8-13)20-18-21-22-23-24(17)18/h3-10,16-17H,2,11H2,1H3,(H,20,21,23). The highest BCUT2D eigenvalue weighted by atomic mass is 79.9. The molecule has 0 bridgehead atoms. The summed E-state index contributed by atoms with van der Waals surface area (Å²) in [6, 6.07) is 17.5. The van der Waals surface area contributed by atoms with Crippen molar-refractivity contribution in [3.63, 3.8) is 0 Å². The molecule has 2 unspecified atom stereocenters. The van der Waals surface area contributed by atoms with Crippen LogP contribution >= 0.6 is 15.9 Å². The van der Waals surface area contributed by atoms with Crippen molar-refractivity contribution >= 4 is 21.9 Å². The molecule has 0 saturated carbocycles. The summed E-state index contributed by atoms with van der Waals surface area (Å²) in [4.78, 5) is 0. The van der Waals surface area contributed by atoms with Crippen LogP contribution in [-0.2, 0) is 6.42 Å². The van der Waals surface area contributed by atoms with Gasteiger partial charge in [-0.2, -0.15) is 0 Å². The molecule has 1 aliphatic heterocycles. The van der Waals surface area contributed by atoms with Crippen molar-refractivity contribution in [1.82, 2.24) is 20.2 Å². The van der Waals surface area contributed by atoms with Crippen molar-refractivity contribution in [3.8, 4) is 0 Å². The second-order valence-electron chi connectivity index (χ2n) is 6.04. The molecular weight excluding hydrogens is 366 g/mol. The summed E-state index contributed by atoms with van der Waals surface area (Å²) >= 11 is 3.49. The second-order valence-corrected chi connectivity index (χ2v) is 6.96. The lowest BCUT2D eigenvalue weighted by Gasteiger charge is -2.31. The van der Waals surface area contributed by atoms with Gasteiger partial charge < -0.3 is 5.32 Å². The number of tetrazole rings is 1. The summed E-state index contributed by atoms with van der Waals surface area (Å²) < 4.78 is 2.97. The van der Waals surface area contributed by atoms with Crippen LogP contribution in [0.4, 0.5) is 5.95 Å². The van der Waals surface area contributed by atoms with Gasteiger partial charge in [0.2, 0.25) is 5.95 Å². The average molecular weight is 384 g/mol. The number of nitrogens with one attached hydrogen (secondary N) is 1. The summed E-state index contributed by atoms with van der Waals surface area (Å²) in [5, 5.41) is 15.6. The van der Waals surface area contributed by atoms with E-state index in [1.54, 1.807) is 0 Å². The van der Waals surface area contributed by atoms with Gasteiger partial charge in [-0.1, -0.05) is 64.4 Å². The van der Waals surface area contributed by atoms with Crippen LogP contribution < -0.4 is 5.32 Å². The van der Waals surface area contributed by atoms with Crippen LogP contribution in [-0.4, -0.2) is 20.2 Å². The third-order valence-electron chi connectivity index (χ3n) is 4.60. The van der Waals surface area contributed by atoms with E-state index in [1.807, 2.05) is 4.68 Å². The predicted octanol–water partition coefficient (Wildman–Crippen LogP) is 4.14. The number of hydrogen-bond donors (Lipinski definition) is 1. The second kappa shape index (κ2) is 6.36. The van der Waals surface area contributed by atoms with Crippen molar-refractivity contribution in [1.29, 1.82) is 0 Å². The summed E-state index contributed by atoms with van der Waals surface area (Å²) in [5.74, 6) is 0.721. The van der Waals surface area contributed by atoms with Gasteiger partial charge in [0.1, 0.15) is 0 Å². The maximum Gasteiger partial charge on any atom is 0.243 e. The van der Waals surface area contributed by atoms with Crippen LogP contribution in [0.2, 0.25) is 0 Å². The topological polar surface area (TPSA) is 55.6 Å². The molecule has 0 fully saturated rings. The minimum Gasteiger partial charge on any atom is -0.346 e. The van der Waals surface area contributed by atoms with E-state index < -0.39 is 0 Å². The van der Waals surface area contributed by atoms with E-state index in [9.17, 15) is 0 Å². The summed E-state index contributed by atoms with van der Waals surface area (Å²) in [6.07, 6.45) is 1.95. The number of nitrogens with zero attached hydrogens (tertiary/aromatic N) is 4. The molecule has 0 saturated heterocycles. The fourth-order valence-corrected chi connectivity index (χ4v) is 3.47. The van der Waals surface area contributed by atoms with E-state index in [0.29, 0.717) is 0 Å². The van der Waals surface area contributed by atoms with Gasteiger partial charge in [-0.25, -0.2) is 4.68 Å². The molecule has 122 valence electrons. The largest absolute Gasteiger partial charge is 0.346 e. The Balaban J connectivity index is 1.69. The van der Waals surface area contributed by atoms with Gasteiger partial charge in [0, 0.05) is 4.47 Å². The molecule has 24 heavy (non-hydrogen) atoms. The number of fused-ring (bicyclic) bond motifs is 1. The monoisotopic (exact) mass is 383 g/mol. The lowest BCUT2D eigenvalue weighted by atomic mass is 9.93. The molecule has 0 amide bonds. The van der Waals surface area contributed by atoms with Gasteiger partial charge in [-0.15, -0.1) is 0 Å². The lowest BCUT2D eigenvalue weighted by Crippen LogP contribution is -2.28. The van der Waals surface area contributed by atoms with Crippen molar-refractivity contribution in [3.05, 3.63) is 69.7 Å². The van der Waals surface area contributed by atoms with Crippen LogP contribution in [0.5, 0.6) is 0 Å². The Labute approximate surface area is 149 Å². The maximum atomic E-state index is 4.18. The summed E-state index contributed by atoms with van der Waals surface area (Å²) in [6.45, 7) is 2.17. The quantitative estimate of drug-likeness (QED) is 0.737. The van der Waals surface area contributed by atoms with Crippen LogP contribution in [0.25, 0.3) is 0 Å². The smallest absolute Gasteiger partial charge is 0.243 e. The normalized spacial score (nSPS) is 19.6. The van der Waals surface area contributed by atoms with Crippen LogP contribution in [0.15, 0.2) is 53.0 Å². The number of anilines is 1. The van der Waals surface area contributed by atoms with Gasteiger partial charge in [0.15, 0.2) is 0 Å². The molecule has 3 aromatic rings. The van der Waals surface area contributed by atoms with Crippen LogP contribution in [0, 0.1) is 0 Å². The summed E-state index contributed by atoms with van der Waals surface area (Å²) in [5.41, 5.74) is 3.82. The molecule has 6 heteroatoms. The van der Waals surface area contributed by atoms with Crippen LogP contribution in [0.3, 0.4) is 0 Å². The molecule has 1 N–H and O–H groups in total. The Morgan fingerprint density at radius 1 is 1.08 bits per heavy atom. The zero-order valence-corrected chi connectivity index (χ0v) is 14.9. The van der Waals surface area contributed by atoms with E-state index in [0.717, 1.165) is 23.3 Å². The van der Waals surface area contributed by atoms with Gasteiger partial charge in [0.05, 0.1) is 12.1 Å². The maximum absolute atomic E-state index is 4.18. The summed E-state index contributed by atoms with van der Waals surface area (Å²) in [7, 11) is 0. The van der Waals surface area contributed by atoms with Gasteiger partial charge in [-0.05, 0) is 52.1 Å². The predicted molar refractivity (Wildman–Crippen MR) is 96.9 cm³/mol. The lowest BCUT2D eigenvalue weighted by molar-refractivity contribution is 0.423. The van der Waals surface area contributed by atoms with E-state index in [-0.39, 0.29) is 12.1 Å². The highest BCUT2D eigenvalue weighted by Crippen LogP contribution is 2.37. The first-order valence-electron chi connectivity index (χ1n) is 8.13. The fourth-order valence-electron chi connectivity index (χ4n) is 3.20. The van der Waals surface area contributed by atoms with E-state index in [1.165, 1.54) is 16.7 Å². The first-order chi connectivity index (χ1) is 11.7. The van der Waals surface area contributed by atoms with Crippen molar-refractivity contribution < 1.29 is 0 Å². The number of aryl methyl sites for hydroxylation is 1. The Morgan fingerprint density at radius 3 is 2.50 bits per heavy atom. The van der Waals surface area contributed by atoms with E-state index in [2.05, 4.69) is 92.2 Å². The SMILES string of the molecule is CCc1ccc(C2CC(c3ccc(Br)cc3)Nc3nnnn32)cc1. The minimum absolute atomic E-state index is 0.135. The first-order valence-corrected chi connectivity index (χ1v) is 8.92. The van der Waals surface area contributed by atoms with E-state index in [4.69, 9.17) is 0 Å².